The third-order valence-electron chi connectivity index (χ3n) is 4.30. The SMILES string of the molecule is CCCC1CCN(c2cccc(Cl)c2CNCC)CC1. The molecule has 0 saturated carbocycles. The molecule has 0 aromatic heterocycles. The van der Waals surface area contributed by atoms with Gasteiger partial charge in [0, 0.05) is 35.9 Å². The van der Waals surface area contributed by atoms with Crippen molar-refractivity contribution in [1.29, 1.82) is 0 Å². The number of hydrogen-bond donors (Lipinski definition) is 1. The van der Waals surface area contributed by atoms with E-state index in [0.29, 0.717) is 0 Å². The van der Waals surface area contributed by atoms with Crippen LogP contribution >= 0.6 is 11.6 Å². The zero-order valence-corrected chi connectivity index (χ0v) is 13.5. The second kappa shape index (κ2) is 7.90. The maximum absolute atomic E-state index is 6.40. The summed E-state index contributed by atoms with van der Waals surface area (Å²) in [6.45, 7) is 8.60. The lowest BCUT2D eigenvalue weighted by Gasteiger charge is -2.35. The Morgan fingerprint density at radius 1 is 1.25 bits per heavy atom. The summed E-state index contributed by atoms with van der Waals surface area (Å²) in [5.41, 5.74) is 2.58. The molecule has 0 spiro atoms. The molecule has 0 atom stereocenters. The number of halogens is 1. The normalized spacial score (nSPS) is 16.6. The molecular formula is C17H27ClN2. The number of piperidine rings is 1. The van der Waals surface area contributed by atoms with Crippen LogP contribution in [0, 0.1) is 5.92 Å². The Morgan fingerprint density at radius 3 is 2.65 bits per heavy atom. The standard InChI is InChI=1S/C17H27ClN2/c1-3-6-14-9-11-20(12-10-14)17-8-5-7-16(18)15(17)13-19-4-2/h5,7-8,14,19H,3-4,6,9-13H2,1-2H3. The van der Waals surface area contributed by atoms with Crippen LogP contribution in [0.15, 0.2) is 18.2 Å². The maximum atomic E-state index is 6.40. The van der Waals surface area contributed by atoms with E-state index in [4.69, 9.17) is 11.6 Å². The first-order valence-electron chi connectivity index (χ1n) is 7.99. The minimum Gasteiger partial charge on any atom is -0.371 e. The van der Waals surface area contributed by atoms with E-state index >= 15 is 0 Å². The van der Waals surface area contributed by atoms with Gasteiger partial charge in [0.15, 0.2) is 0 Å². The van der Waals surface area contributed by atoms with E-state index in [1.165, 1.54) is 50.0 Å². The molecule has 0 amide bonds. The summed E-state index contributed by atoms with van der Waals surface area (Å²) in [6, 6.07) is 6.30. The highest BCUT2D eigenvalue weighted by Crippen LogP contribution is 2.31. The minimum atomic E-state index is 0.862. The molecule has 1 saturated heterocycles. The van der Waals surface area contributed by atoms with Gasteiger partial charge in [0.25, 0.3) is 0 Å². The Kier molecular flexibility index (Phi) is 6.18. The molecule has 2 rings (SSSR count). The molecule has 112 valence electrons. The van der Waals surface area contributed by atoms with Crippen LogP contribution in [0.2, 0.25) is 5.02 Å². The van der Waals surface area contributed by atoms with Crippen molar-refractivity contribution in [3.63, 3.8) is 0 Å². The average Bonchev–Trinajstić information content (AvgIpc) is 2.47. The topological polar surface area (TPSA) is 15.3 Å². The summed E-state index contributed by atoms with van der Waals surface area (Å²) < 4.78 is 0. The van der Waals surface area contributed by atoms with E-state index < -0.39 is 0 Å². The highest BCUT2D eigenvalue weighted by Gasteiger charge is 2.21. The Labute approximate surface area is 128 Å². The van der Waals surface area contributed by atoms with E-state index in [9.17, 15) is 0 Å². The summed E-state index contributed by atoms with van der Waals surface area (Å²) >= 11 is 6.40. The van der Waals surface area contributed by atoms with Gasteiger partial charge >= 0.3 is 0 Å². The molecule has 2 nitrogen and oxygen atoms in total. The number of benzene rings is 1. The number of rotatable bonds is 6. The van der Waals surface area contributed by atoms with Crippen LogP contribution in [0.3, 0.4) is 0 Å². The van der Waals surface area contributed by atoms with Crippen molar-refractivity contribution in [2.24, 2.45) is 5.92 Å². The Bertz CT molecular complexity index is 411. The first-order chi connectivity index (χ1) is 9.76. The molecule has 0 aliphatic carbocycles. The summed E-state index contributed by atoms with van der Waals surface area (Å²) in [6.07, 6.45) is 5.34. The molecule has 1 heterocycles. The first-order valence-corrected chi connectivity index (χ1v) is 8.37. The lowest BCUT2D eigenvalue weighted by Crippen LogP contribution is -2.34. The highest BCUT2D eigenvalue weighted by atomic mass is 35.5. The Morgan fingerprint density at radius 2 is 2.00 bits per heavy atom. The number of nitrogens with one attached hydrogen (secondary N) is 1. The number of anilines is 1. The van der Waals surface area contributed by atoms with Gasteiger partial charge in [-0.3, -0.25) is 0 Å². The van der Waals surface area contributed by atoms with Crippen molar-refractivity contribution in [2.45, 2.75) is 46.1 Å². The largest absolute Gasteiger partial charge is 0.371 e. The molecule has 0 radical (unpaired) electrons. The van der Waals surface area contributed by atoms with Crippen molar-refractivity contribution < 1.29 is 0 Å². The summed E-state index contributed by atoms with van der Waals surface area (Å²) in [5, 5.41) is 4.29. The Balaban J connectivity index is 2.07. The van der Waals surface area contributed by atoms with Crippen molar-refractivity contribution in [1.82, 2.24) is 5.32 Å². The second-order valence-electron chi connectivity index (χ2n) is 5.74. The van der Waals surface area contributed by atoms with Gasteiger partial charge < -0.3 is 10.2 Å². The van der Waals surface area contributed by atoms with Gasteiger partial charge in [0.1, 0.15) is 0 Å². The second-order valence-corrected chi connectivity index (χ2v) is 6.14. The van der Waals surface area contributed by atoms with Gasteiger partial charge in [-0.15, -0.1) is 0 Å². The number of hydrogen-bond acceptors (Lipinski definition) is 2. The van der Waals surface area contributed by atoms with Gasteiger partial charge in [0.2, 0.25) is 0 Å². The van der Waals surface area contributed by atoms with Crippen molar-refractivity contribution in [2.75, 3.05) is 24.5 Å². The molecule has 0 bridgehead atoms. The van der Waals surface area contributed by atoms with E-state index in [0.717, 1.165) is 24.0 Å². The van der Waals surface area contributed by atoms with Gasteiger partial charge in [-0.05, 0) is 37.4 Å². The predicted molar refractivity (Wildman–Crippen MR) is 88.7 cm³/mol. The maximum Gasteiger partial charge on any atom is 0.0471 e. The van der Waals surface area contributed by atoms with Crippen LogP contribution in [-0.4, -0.2) is 19.6 Å². The summed E-state index contributed by atoms with van der Waals surface area (Å²) in [7, 11) is 0. The van der Waals surface area contributed by atoms with Gasteiger partial charge in [-0.2, -0.15) is 0 Å². The average molecular weight is 295 g/mol. The fourth-order valence-electron chi connectivity index (χ4n) is 3.14. The predicted octanol–water partition coefficient (Wildman–Crippen LogP) is 4.47. The molecule has 20 heavy (non-hydrogen) atoms. The van der Waals surface area contributed by atoms with Gasteiger partial charge in [0.05, 0.1) is 0 Å². The van der Waals surface area contributed by atoms with Crippen LogP contribution in [0.25, 0.3) is 0 Å². The lowest BCUT2D eigenvalue weighted by atomic mass is 9.92. The molecule has 3 heteroatoms. The lowest BCUT2D eigenvalue weighted by molar-refractivity contribution is 0.378. The third-order valence-corrected chi connectivity index (χ3v) is 4.65. The molecule has 0 unspecified atom stereocenters. The van der Waals surface area contributed by atoms with Crippen LogP contribution in [0.1, 0.15) is 45.1 Å². The third kappa shape index (κ3) is 3.89. The van der Waals surface area contributed by atoms with Crippen molar-refractivity contribution >= 4 is 17.3 Å². The van der Waals surface area contributed by atoms with Crippen LogP contribution in [0.5, 0.6) is 0 Å². The quantitative estimate of drug-likeness (QED) is 0.833. The molecule has 1 aliphatic heterocycles. The zero-order chi connectivity index (χ0) is 14.4. The van der Waals surface area contributed by atoms with Gasteiger partial charge in [-0.1, -0.05) is 44.4 Å². The van der Waals surface area contributed by atoms with Crippen LogP contribution in [-0.2, 0) is 6.54 Å². The summed E-state index contributed by atoms with van der Waals surface area (Å²) in [5.74, 6) is 0.924. The van der Waals surface area contributed by atoms with Crippen LogP contribution < -0.4 is 10.2 Å². The molecule has 1 aliphatic rings. The van der Waals surface area contributed by atoms with Crippen molar-refractivity contribution in [3.8, 4) is 0 Å². The smallest absolute Gasteiger partial charge is 0.0471 e. The molecule has 1 N–H and O–H groups in total. The van der Waals surface area contributed by atoms with E-state index in [1.54, 1.807) is 0 Å². The fraction of sp³-hybridized carbons (Fsp3) is 0.647. The van der Waals surface area contributed by atoms with Crippen LogP contribution in [0.4, 0.5) is 5.69 Å². The van der Waals surface area contributed by atoms with Gasteiger partial charge in [-0.25, -0.2) is 0 Å². The zero-order valence-electron chi connectivity index (χ0n) is 12.8. The molecule has 1 fully saturated rings. The highest BCUT2D eigenvalue weighted by molar-refractivity contribution is 6.31. The molecule has 1 aromatic rings. The fourth-order valence-corrected chi connectivity index (χ4v) is 3.38. The first kappa shape index (κ1) is 15.7. The minimum absolute atomic E-state index is 0.862. The van der Waals surface area contributed by atoms with Crippen molar-refractivity contribution in [3.05, 3.63) is 28.8 Å². The van der Waals surface area contributed by atoms with E-state index in [2.05, 4.69) is 36.2 Å². The van der Waals surface area contributed by atoms with E-state index in [-0.39, 0.29) is 0 Å². The monoisotopic (exact) mass is 294 g/mol. The van der Waals surface area contributed by atoms with E-state index in [1.807, 2.05) is 6.07 Å². The summed E-state index contributed by atoms with van der Waals surface area (Å²) in [4.78, 5) is 2.52. The number of nitrogens with zero attached hydrogens (tertiary/aromatic N) is 1. The molecule has 1 aromatic carbocycles. The Hall–Kier alpha value is -0.730. The molecular weight excluding hydrogens is 268 g/mol.